The van der Waals surface area contributed by atoms with Crippen molar-refractivity contribution < 1.29 is 9.53 Å². The van der Waals surface area contributed by atoms with Crippen molar-refractivity contribution in [2.75, 3.05) is 13.7 Å². The number of methoxy groups -OCH3 is 1. The minimum atomic E-state index is -0.415. The van der Waals surface area contributed by atoms with Crippen molar-refractivity contribution in [3.8, 4) is 0 Å². The number of ether oxygens (including phenoxy) is 1. The van der Waals surface area contributed by atoms with Crippen LogP contribution in [0.4, 0.5) is 0 Å². The number of nitrogens with two attached hydrogens (primary N) is 1. The third-order valence-corrected chi connectivity index (χ3v) is 2.66. The molecular formula is C9H14N2O2S. The van der Waals surface area contributed by atoms with Crippen LogP contribution >= 0.6 is 11.3 Å². The molecule has 0 saturated heterocycles. The zero-order valence-corrected chi connectivity index (χ0v) is 8.84. The highest BCUT2D eigenvalue weighted by Crippen LogP contribution is 2.07. The number of rotatable bonds is 6. The maximum Gasteiger partial charge on any atom is 0.236 e. The van der Waals surface area contributed by atoms with E-state index in [9.17, 15) is 4.79 Å². The predicted molar refractivity (Wildman–Crippen MR) is 56.0 cm³/mol. The number of primary amides is 1. The van der Waals surface area contributed by atoms with E-state index in [1.807, 2.05) is 17.5 Å². The van der Waals surface area contributed by atoms with Crippen LogP contribution in [0.15, 0.2) is 17.5 Å². The van der Waals surface area contributed by atoms with Crippen LogP contribution < -0.4 is 11.1 Å². The number of carbonyl (C=O) groups is 1. The molecule has 0 aliphatic heterocycles. The third-order valence-electron chi connectivity index (χ3n) is 1.78. The molecule has 0 radical (unpaired) electrons. The van der Waals surface area contributed by atoms with Gasteiger partial charge in [-0.3, -0.25) is 10.1 Å². The molecule has 4 nitrogen and oxygen atoms in total. The Balaban J connectivity index is 2.37. The quantitative estimate of drug-likeness (QED) is 0.717. The van der Waals surface area contributed by atoms with E-state index in [2.05, 4.69) is 5.32 Å². The molecule has 5 heteroatoms. The van der Waals surface area contributed by atoms with Gasteiger partial charge in [0.2, 0.25) is 5.91 Å². The molecule has 0 fully saturated rings. The molecular weight excluding hydrogens is 200 g/mol. The van der Waals surface area contributed by atoms with Gasteiger partial charge in [0, 0.05) is 18.5 Å². The van der Waals surface area contributed by atoms with Crippen LogP contribution in [0.25, 0.3) is 0 Å². The van der Waals surface area contributed by atoms with E-state index in [0.717, 1.165) is 0 Å². The van der Waals surface area contributed by atoms with Crippen molar-refractivity contribution in [2.24, 2.45) is 5.73 Å². The lowest BCUT2D eigenvalue weighted by atomic mass is 10.3. The van der Waals surface area contributed by atoms with Gasteiger partial charge in [-0.15, -0.1) is 11.3 Å². The Morgan fingerprint density at radius 1 is 1.79 bits per heavy atom. The van der Waals surface area contributed by atoms with Crippen LogP contribution in [-0.4, -0.2) is 25.7 Å². The predicted octanol–water partition coefficient (Wildman–Crippen LogP) is 0.338. The number of hydrogen-bond donors (Lipinski definition) is 2. The number of thiophene rings is 1. The first kappa shape index (κ1) is 11.2. The normalized spacial score (nSPS) is 12.6. The zero-order valence-electron chi connectivity index (χ0n) is 8.03. The molecule has 1 aromatic rings. The Morgan fingerprint density at radius 3 is 3.07 bits per heavy atom. The number of amides is 1. The molecule has 0 spiro atoms. The summed E-state index contributed by atoms with van der Waals surface area (Å²) in [6.07, 6.45) is 0. The Morgan fingerprint density at radius 2 is 2.57 bits per heavy atom. The second-order valence-corrected chi connectivity index (χ2v) is 3.90. The average Bonchev–Trinajstić information content (AvgIpc) is 2.64. The highest BCUT2D eigenvalue weighted by Gasteiger charge is 2.13. The van der Waals surface area contributed by atoms with Crippen LogP contribution in [0, 0.1) is 0 Å². The SMILES string of the molecule is COCC(NCc1cccs1)C(N)=O. The first-order chi connectivity index (χ1) is 6.74. The Labute approximate surface area is 87.1 Å². The molecule has 14 heavy (non-hydrogen) atoms. The van der Waals surface area contributed by atoms with E-state index in [4.69, 9.17) is 10.5 Å². The first-order valence-electron chi connectivity index (χ1n) is 4.28. The summed E-state index contributed by atoms with van der Waals surface area (Å²) >= 11 is 1.64. The van der Waals surface area contributed by atoms with Crippen LogP contribution in [0.3, 0.4) is 0 Å². The Kier molecular flexibility index (Phi) is 4.58. The number of carbonyl (C=O) groups excluding carboxylic acids is 1. The van der Waals surface area contributed by atoms with Gasteiger partial charge in [-0.2, -0.15) is 0 Å². The molecule has 3 N–H and O–H groups in total. The highest BCUT2D eigenvalue weighted by atomic mass is 32.1. The van der Waals surface area contributed by atoms with Crippen molar-refractivity contribution in [2.45, 2.75) is 12.6 Å². The van der Waals surface area contributed by atoms with Gasteiger partial charge in [-0.25, -0.2) is 0 Å². The van der Waals surface area contributed by atoms with Gasteiger partial charge in [-0.1, -0.05) is 6.07 Å². The smallest absolute Gasteiger partial charge is 0.236 e. The van der Waals surface area contributed by atoms with E-state index in [1.54, 1.807) is 18.4 Å². The first-order valence-corrected chi connectivity index (χ1v) is 5.16. The molecule has 1 aromatic heterocycles. The van der Waals surface area contributed by atoms with Crippen LogP contribution in [-0.2, 0) is 16.1 Å². The topological polar surface area (TPSA) is 64.3 Å². The third kappa shape index (κ3) is 3.45. The van der Waals surface area contributed by atoms with Crippen LogP contribution in [0.1, 0.15) is 4.88 Å². The molecule has 0 bridgehead atoms. The summed E-state index contributed by atoms with van der Waals surface area (Å²) in [4.78, 5) is 12.1. The van der Waals surface area contributed by atoms with Crippen molar-refractivity contribution in [3.63, 3.8) is 0 Å². The fourth-order valence-corrected chi connectivity index (χ4v) is 1.70. The van der Waals surface area contributed by atoms with Crippen LogP contribution in [0.5, 0.6) is 0 Å². The molecule has 0 aliphatic carbocycles. The van der Waals surface area contributed by atoms with Gasteiger partial charge in [0.1, 0.15) is 6.04 Å². The van der Waals surface area contributed by atoms with Gasteiger partial charge < -0.3 is 10.5 Å². The summed E-state index contributed by atoms with van der Waals surface area (Å²) in [7, 11) is 1.54. The number of hydrogen-bond acceptors (Lipinski definition) is 4. The molecule has 78 valence electrons. The van der Waals surface area contributed by atoms with E-state index in [1.165, 1.54) is 4.88 Å². The minimum Gasteiger partial charge on any atom is -0.383 e. The standard InChI is InChI=1S/C9H14N2O2S/c1-13-6-8(9(10)12)11-5-7-3-2-4-14-7/h2-4,8,11H,5-6H2,1H3,(H2,10,12). The molecule has 0 aliphatic rings. The summed E-state index contributed by atoms with van der Waals surface area (Å²) in [5.41, 5.74) is 5.18. The van der Waals surface area contributed by atoms with Gasteiger partial charge in [0.25, 0.3) is 0 Å². The lowest BCUT2D eigenvalue weighted by Gasteiger charge is -2.13. The van der Waals surface area contributed by atoms with Crippen molar-refractivity contribution in [3.05, 3.63) is 22.4 Å². The Bertz CT molecular complexity index is 274. The second-order valence-electron chi connectivity index (χ2n) is 2.87. The molecule has 0 aromatic carbocycles. The van der Waals surface area contributed by atoms with E-state index < -0.39 is 6.04 Å². The largest absolute Gasteiger partial charge is 0.383 e. The lowest BCUT2D eigenvalue weighted by molar-refractivity contribution is -0.121. The summed E-state index contributed by atoms with van der Waals surface area (Å²) in [5.74, 6) is -0.386. The zero-order chi connectivity index (χ0) is 10.4. The Hall–Kier alpha value is -0.910. The highest BCUT2D eigenvalue weighted by molar-refractivity contribution is 7.09. The summed E-state index contributed by atoms with van der Waals surface area (Å²) in [5, 5.41) is 5.03. The van der Waals surface area contributed by atoms with Gasteiger partial charge in [0.15, 0.2) is 0 Å². The summed E-state index contributed by atoms with van der Waals surface area (Å²) in [6, 6.07) is 3.56. The van der Waals surface area contributed by atoms with Gasteiger partial charge in [0.05, 0.1) is 6.61 Å². The fourth-order valence-electron chi connectivity index (χ4n) is 1.05. The molecule has 1 atom stereocenters. The molecule has 1 rings (SSSR count). The summed E-state index contributed by atoms with van der Waals surface area (Å²) in [6.45, 7) is 0.954. The molecule has 1 unspecified atom stereocenters. The minimum absolute atomic E-state index is 0.306. The maximum atomic E-state index is 10.9. The molecule has 0 saturated carbocycles. The number of nitrogens with one attached hydrogen (secondary N) is 1. The monoisotopic (exact) mass is 214 g/mol. The van der Waals surface area contributed by atoms with Crippen molar-refractivity contribution in [1.29, 1.82) is 0 Å². The van der Waals surface area contributed by atoms with Gasteiger partial charge in [-0.05, 0) is 11.4 Å². The second kappa shape index (κ2) is 5.74. The lowest BCUT2D eigenvalue weighted by Crippen LogP contribution is -2.43. The molecule has 1 heterocycles. The summed E-state index contributed by atoms with van der Waals surface area (Å²) < 4.78 is 4.88. The van der Waals surface area contributed by atoms with Crippen LogP contribution in [0.2, 0.25) is 0 Å². The molecule has 1 amide bonds. The van der Waals surface area contributed by atoms with Crippen molar-refractivity contribution >= 4 is 17.2 Å². The van der Waals surface area contributed by atoms with E-state index >= 15 is 0 Å². The maximum absolute atomic E-state index is 10.9. The van der Waals surface area contributed by atoms with E-state index in [-0.39, 0.29) is 5.91 Å². The van der Waals surface area contributed by atoms with E-state index in [0.29, 0.717) is 13.2 Å². The average molecular weight is 214 g/mol. The fraction of sp³-hybridized carbons (Fsp3) is 0.444. The van der Waals surface area contributed by atoms with Gasteiger partial charge >= 0.3 is 0 Å². The van der Waals surface area contributed by atoms with Crippen molar-refractivity contribution in [1.82, 2.24) is 5.32 Å².